The number of amides is 3. The number of alkyl halides is 3. The van der Waals surface area contributed by atoms with E-state index in [1.54, 1.807) is 25.3 Å². The molecule has 10 nitrogen and oxygen atoms in total. The van der Waals surface area contributed by atoms with Crippen molar-refractivity contribution in [2.24, 2.45) is 23.2 Å². The number of thiophene rings is 1. The SMILES string of the molecule is Cc1nc(Cl)cc(-c2ccnc3cc(CN4C(=O)C5C(C4=O)C5(C)C)sc23)c1NC(=O)[C@@H]1CCN(OC(=O)C(F)(F)F)C1. The van der Waals surface area contributed by atoms with E-state index in [1.165, 1.54) is 16.2 Å². The Labute approximate surface area is 252 Å². The maximum absolute atomic E-state index is 13.2. The van der Waals surface area contributed by atoms with Crippen molar-refractivity contribution < 1.29 is 37.2 Å². The van der Waals surface area contributed by atoms with Crippen molar-refractivity contribution in [3.8, 4) is 11.1 Å². The molecule has 3 aromatic heterocycles. The summed E-state index contributed by atoms with van der Waals surface area (Å²) in [5.41, 5.74) is 2.31. The Morgan fingerprint density at radius 1 is 1.19 bits per heavy atom. The number of piperidine rings is 1. The van der Waals surface area contributed by atoms with Crippen LogP contribution in [0.4, 0.5) is 18.9 Å². The first-order valence-electron chi connectivity index (χ1n) is 13.4. The number of fused-ring (bicyclic) bond motifs is 2. The van der Waals surface area contributed by atoms with Gasteiger partial charge in [0.1, 0.15) is 5.15 Å². The van der Waals surface area contributed by atoms with Gasteiger partial charge in [0.15, 0.2) is 0 Å². The van der Waals surface area contributed by atoms with Gasteiger partial charge >= 0.3 is 12.1 Å². The van der Waals surface area contributed by atoms with Gasteiger partial charge in [-0.1, -0.05) is 25.4 Å². The highest BCUT2D eigenvalue weighted by atomic mass is 35.5. The molecule has 3 fully saturated rings. The predicted octanol–water partition coefficient (Wildman–Crippen LogP) is 4.74. The van der Waals surface area contributed by atoms with Crippen LogP contribution in [0.1, 0.15) is 30.8 Å². The van der Waals surface area contributed by atoms with Crippen LogP contribution in [0.25, 0.3) is 21.3 Å². The van der Waals surface area contributed by atoms with Gasteiger partial charge in [-0.15, -0.1) is 16.4 Å². The van der Waals surface area contributed by atoms with Crippen LogP contribution in [-0.4, -0.2) is 62.9 Å². The van der Waals surface area contributed by atoms with Gasteiger partial charge in [-0.3, -0.25) is 24.3 Å². The fourth-order valence-electron chi connectivity index (χ4n) is 6.02. The van der Waals surface area contributed by atoms with Crippen LogP contribution < -0.4 is 5.32 Å². The number of nitrogens with one attached hydrogen (secondary N) is 1. The molecule has 3 amide bonds. The number of pyridine rings is 2. The van der Waals surface area contributed by atoms with Crippen molar-refractivity contribution in [2.45, 2.75) is 39.9 Å². The first-order chi connectivity index (χ1) is 20.2. The first kappa shape index (κ1) is 29.5. The van der Waals surface area contributed by atoms with Gasteiger partial charge in [0, 0.05) is 35.3 Å². The van der Waals surface area contributed by atoms with Gasteiger partial charge < -0.3 is 10.2 Å². The molecule has 0 aromatic carbocycles. The van der Waals surface area contributed by atoms with Gasteiger partial charge in [0.2, 0.25) is 17.7 Å². The molecule has 43 heavy (non-hydrogen) atoms. The van der Waals surface area contributed by atoms with Crippen LogP contribution in [0.3, 0.4) is 0 Å². The zero-order chi connectivity index (χ0) is 31.0. The van der Waals surface area contributed by atoms with Crippen molar-refractivity contribution in [3.63, 3.8) is 0 Å². The maximum Gasteiger partial charge on any atom is 0.492 e. The highest BCUT2D eigenvalue weighted by Gasteiger charge is 2.72. The van der Waals surface area contributed by atoms with Crippen LogP contribution in [0.2, 0.25) is 5.15 Å². The minimum atomic E-state index is -5.14. The number of halogens is 4. The summed E-state index contributed by atoms with van der Waals surface area (Å²) < 4.78 is 38.5. The molecule has 2 aliphatic heterocycles. The number of nitrogens with zero attached hydrogens (tertiary/aromatic N) is 4. The number of anilines is 1. The highest BCUT2D eigenvalue weighted by Crippen LogP contribution is 2.63. The Bertz CT molecular complexity index is 1690. The Morgan fingerprint density at radius 2 is 1.88 bits per heavy atom. The van der Waals surface area contributed by atoms with Gasteiger partial charge in [-0.05, 0) is 37.0 Å². The van der Waals surface area contributed by atoms with E-state index in [0.29, 0.717) is 28.0 Å². The van der Waals surface area contributed by atoms with Crippen LogP contribution in [0.5, 0.6) is 0 Å². The van der Waals surface area contributed by atoms with Gasteiger partial charge in [-0.25, -0.2) is 9.78 Å². The Hall–Kier alpha value is -3.62. The molecule has 0 radical (unpaired) electrons. The van der Waals surface area contributed by atoms with E-state index in [0.717, 1.165) is 14.6 Å². The third kappa shape index (κ3) is 5.14. The minimum absolute atomic E-state index is 0.0332. The Balaban J connectivity index is 1.25. The number of carbonyl (C=O) groups excluding carboxylic acids is 4. The van der Waals surface area contributed by atoms with Crippen LogP contribution >= 0.6 is 22.9 Å². The zero-order valence-electron chi connectivity index (χ0n) is 23.1. The number of imide groups is 1. The number of aromatic nitrogens is 2. The molecule has 5 heterocycles. The lowest BCUT2D eigenvalue weighted by Gasteiger charge is -2.19. The number of carbonyl (C=O) groups is 4. The summed E-state index contributed by atoms with van der Waals surface area (Å²) in [4.78, 5) is 65.4. The molecule has 2 unspecified atom stereocenters. The number of likely N-dealkylation sites (tertiary alicyclic amines) is 1. The van der Waals surface area contributed by atoms with Crippen molar-refractivity contribution in [1.82, 2.24) is 19.9 Å². The summed E-state index contributed by atoms with van der Waals surface area (Å²) in [6.45, 7) is 5.41. The lowest BCUT2D eigenvalue weighted by molar-refractivity contribution is -0.235. The molecule has 0 spiro atoms. The minimum Gasteiger partial charge on any atom is -0.361 e. The lowest BCUT2D eigenvalue weighted by Crippen LogP contribution is -2.35. The average Bonchev–Trinajstić information content (AvgIpc) is 3.32. The van der Waals surface area contributed by atoms with Gasteiger partial charge in [0.25, 0.3) is 0 Å². The van der Waals surface area contributed by atoms with Crippen molar-refractivity contribution in [1.29, 1.82) is 0 Å². The molecule has 1 saturated carbocycles. The van der Waals surface area contributed by atoms with Crippen LogP contribution in [0, 0.1) is 30.1 Å². The van der Waals surface area contributed by atoms with Crippen LogP contribution in [-0.2, 0) is 30.6 Å². The van der Waals surface area contributed by atoms with E-state index in [-0.39, 0.29) is 60.3 Å². The molecule has 3 aliphatic rings. The number of hydroxylamine groups is 2. The highest BCUT2D eigenvalue weighted by molar-refractivity contribution is 7.19. The average molecular weight is 636 g/mol. The topological polar surface area (TPSA) is 122 Å². The van der Waals surface area contributed by atoms with Gasteiger partial charge in [0.05, 0.1) is 45.9 Å². The lowest BCUT2D eigenvalue weighted by atomic mass is 10.0. The standard InChI is InChI=1S/C28H25ClF3N5O5S/c1-12-21(35-23(38)13-5-7-36(10-13)42-26(41)28(30,31)32)16(9-18(29)34-12)15-4-6-33-17-8-14(43-22(15)17)11-37-24(39)19-20(25(37)40)27(19,2)3/h4,6,8-9,13,19-20H,5,7,10-11H2,1-3H3,(H,35,38)/t13-,19?,20?/m1/s1. The number of hydrogen-bond donors (Lipinski definition) is 1. The second kappa shape index (κ2) is 10.2. The normalized spacial score (nSPS) is 23.1. The molecule has 3 atom stereocenters. The number of rotatable bonds is 6. The molecule has 6 rings (SSSR count). The van der Waals surface area contributed by atoms with Crippen LogP contribution in [0.15, 0.2) is 24.4 Å². The largest absolute Gasteiger partial charge is 0.492 e. The summed E-state index contributed by atoms with van der Waals surface area (Å²) >= 11 is 7.68. The summed E-state index contributed by atoms with van der Waals surface area (Å²) in [7, 11) is 0. The van der Waals surface area contributed by atoms with E-state index in [2.05, 4.69) is 20.1 Å². The van der Waals surface area contributed by atoms with Crippen molar-refractivity contribution in [3.05, 3.63) is 40.1 Å². The molecule has 226 valence electrons. The third-order valence-corrected chi connectivity index (χ3v) is 9.68. The Morgan fingerprint density at radius 3 is 2.56 bits per heavy atom. The molecule has 2 saturated heterocycles. The predicted molar refractivity (Wildman–Crippen MR) is 149 cm³/mol. The molecular weight excluding hydrogens is 611 g/mol. The van der Waals surface area contributed by atoms with Crippen molar-refractivity contribution >= 4 is 62.5 Å². The zero-order valence-corrected chi connectivity index (χ0v) is 24.7. The molecule has 0 bridgehead atoms. The molecular formula is C28H25ClF3N5O5S. The molecule has 3 aromatic rings. The van der Waals surface area contributed by atoms with E-state index < -0.39 is 24.0 Å². The first-order valence-corrected chi connectivity index (χ1v) is 14.6. The number of hydrogen-bond acceptors (Lipinski definition) is 9. The van der Waals surface area contributed by atoms with E-state index in [4.69, 9.17) is 11.6 Å². The summed E-state index contributed by atoms with van der Waals surface area (Å²) in [6.07, 6.45) is -3.38. The third-order valence-electron chi connectivity index (χ3n) is 8.34. The summed E-state index contributed by atoms with van der Waals surface area (Å²) in [5.74, 6) is -4.45. The number of aryl methyl sites for hydroxylation is 1. The monoisotopic (exact) mass is 635 g/mol. The van der Waals surface area contributed by atoms with E-state index in [1.807, 2.05) is 19.9 Å². The fourth-order valence-corrected chi connectivity index (χ4v) is 7.38. The Kier molecular flexibility index (Phi) is 7.01. The van der Waals surface area contributed by atoms with Crippen molar-refractivity contribution in [2.75, 3.05) is 18.4 Å². The molecule has 15 heteroatoms. The fraction of sp³-hybridized carbons (Fsp3) is 0.429. The van der Waals surface area contributed by atoms with E-state index in [9.17, 15) is 32.3 Å². The maximum atomic E-state index is 13.2. The van der Waals surface area contributed by atoms with E-state index >= 15 is 0 Å². The summed E-state index contributed by atoms with van der Waals surface area (Å²) in [6, 6.07) is 5.16. The molecule has 1 N–H and O–H groups in total. The second-order valence-corrected chi connectivity index (χ2v) is 13.0. The molecule has 1 aliphatic carbocycles. The smallest absolute Gasteiger partial charge is 0.361 e. The van der Waals surface area contributed by atoms with Gasteiger partial charge in [-0.2, -0.15) is 13.2 Å². The quantitative estimate of drug-likeness (QED) is 0.305. The summed E-state index contributed by atoms with van der Waals surface area (Å²) in [5, 5.41) is 3.85. The second-order valence-electron chi connectivity index (χ2n) is 11.5.